The molecule has 1 aliphatic rings. The number of hydrogen-bond donors (Lipinski definition) is 2. The lowest BCUT2D eigenvalue weighted by Crippen LogP contribution is -2.47. The molecule has 1 heterocycles. The van der Waals surface area contributed by atoms with E-state index in [1.54, 1.807) is 47.4 Å². The zero-order chi connectivity index (χ0) is 21.0. The molecule has 154 valence electrons. The van der Waals surface area contributed by atoms with Crippen molar-refractivity contribution in [2.75, 3.05) is 11.3 Å². The smallest absolute Gasteiger partial charge is 0.261 e. The van der Waals surface area contributed by atoms with Crippen LogP contribution >= 0.6 is 0 Å². The molecule has 0 bridgehead atoms. The minimum Gasteiger partial charge on any atom is -0.352 e. The average Bonchev–Trinajstić information content (AvgIpc) is 3.18. The van der Waals surface area contributed by atoms with Crippen molar-refractivity contribution < 1.29 is 18.0 Å². The highest BCUT2D eigenvalue weighted by Gasteiger charge is 2.34. The monoisotopic (exact) mass is 415 g/mol. The first-order valence-corrected chi connectivity index (χ1v) is 11.1. The van der Waals surface area contributed by atoms with E-state index in [0.717, 1.165) is 6.42 Å². The van der Waals surface area contributed by atoms with E-state index in [1.807, 2.05) is 13.8 Å². The number of nitrogens with zero attached hydrogens (tertiary/aromatic N) is 1. The number of hydrogen-bond acceptors (Lipinski definition) is 4. The fraction of sp³-hybridized carbons (Fsp3) is 0.333. The van der Waals surface area contributed by atoms with Gasteiger partial charge < -0.3 is 10.2 Å². The van der Waals surface area contributed by atoms with E-state index in [9.17, 15) is 18.0 Å². The topological polar surface area (TPSA) is 95.6 Å². The van der Waals surface area contributed by atoms with Gasteiger partial charge in [-0.15, -0.1) is 0 Å². The summed E-state index contributed by atoms with van der Waals surface area (Å²) in [7, 11) is -3.69. The van der Waals surface area contributed by atoms with Gasteiger partial charge in [-0.25, -0.2) is 8.42 Å². The number of amides is 2. The van der Waals surface area contributed by atoms with Gasteiger partial charge in [0.2, 0.25) is 5.91 Å². The normalized spacial score (nSPS) is 16.7. The molecule has 1 aliphatic heterocycles. The maximum absolute atomic E-state index is 12.9. The molecule has 29 heavy (non-hydrogen) atoms. The van der Waals surface area contributed by atoms with E-state index in [0.29, 0.717) is 24.2 Å². The van der Waals surface area contributed by atoms with Gasteiger partial charge in [0, 0.05) is 23.8 Å². The SMILES string of the molecule is CC(C)NC(=O)[C@H]1CCCN1C(=O)c1ccc(NS(=O)(=O)c2ccccc2)cc1. The van der Waals surface area contributed by atoms with Crippen LogP contribution in [0.5, 0.6) is 0 Å². The molecule has 1 fully saturated rings. The highest BCUT2D eigenvalue weighted by molar-refractivity contribution is 7.92. The number of rotatable bonds is 6. The van der Waals surface area contributed by atoms with Gasteiger partial charge in [0.1, 0.15) is 6.04 Å². The van der Waals surface area contributed by atoms with Crippen molar-refractivity contribution in [1.82, 2.24) is 10.2 Å². The van der Waals surface area contributed by atoms with Crippen molar-refractivity contribution in [3.05, 3.63) is 60.2 Å². The van der Waals surface area contributed by atoms with Gasteiger partial charge in [-0.1, -0.05) is 18.2 Å². The molecule has 0 radical (unpaired) electrons. The molecule has 3 rings (SSSR count). The van der Waals surface area contributed by atoms with Gasteiger partial charge in [0.15, 0.2) is 0 Å². The summed E-state index contributed by atoms with van der Waals surface area (Å²) in [4.78, 5) is 27.0. The van der Waals surface area contributed by atoms with Crippen LogP contribution in [0.3, 0.4) is 0 Å². The van der Waals surface area contributed by atoms with Crippen molar-refractivity contribution in [3.63, 3.8) is 0 Å². The summed E-state index contributed by atoms with van der Waals surface area (Å²) in [5, 5.41) is 2.86. The Morgan fingerprint density at radius 1 is 1.03 bits per heavy atom. The molecule has 2 aromatic carbocycles. The van der Waals surface area contributed by atoms with Crippen LogP contribution in [0, 0.1) is 0 Å². The lowest BCUT2D eigenvalue weighted by molar-refractivity contribution is -0.125. The van der Waals surface area contributed by atoms with Crippen LogP contribution in [0.4, 0.5) is 5.69 Å². The molecule has 2 aromatic rings. The highest BCUT2D eigenvalue weighted by atomic mass is 32.2. The van der Waals surface area contributed by atoms with Crippen molar-refractivity contribution >= 4 is 27.5 Å². The number of anilines is 1. The molecule has 0 aromatic heterocycles. The van der Waals surface area contributed by atoms with Gasteiger partial charge in [0.05, 0.1) is 4.90 Å². The number of carbonyl (C=O) groups excluding carboxylic acids is 2. The Bertz CT molecular complexity index is 973. The Labute approximate surface area is 171 Å². The fourth-order valence-corrected chi connectivity index (χ4v) is 4.40. The molecule has 7 nitrogen and oxygen atoms in total. The Hall–Kier alpha value is -2.87. The highest BCUT2D eigenvalue weighted by Crippen LogP contribution is 2.22. The largest absolute Gasteiger partial charge is 0.352 e. The fourth-order valence-electron chi connectivity index (χ4n) is 3.32. The maximum Gasteiger partial charge on any atom is 0.261 e. The van der Waals surface area contributed by atoms with Gasteiger partial charge in [0.25, 0.3) is 15.9 Å². The van der Waals surface area contributed by atoms with Crippen molar-refractivity contribution in [3.8, 4) is 0 Å². The van der Waals surface area contributed by atoms with Crippen LogP contribution in [0.25, 0.3) is 0 Å². The summed E-state index contributed by atoms with van der Waals surface area (Å²) in [5.74, 6) is -0.373. The zero-order valence-electron chi connectivity index (χ0n) is 16.5. The minimum atomic E-state index is -3.69. The van der Waals surface area contributed by atoms with Crippen LogP contribution in [-0.2, 0) is 14.8 Å². The first-order chi connectivity index (χ1) is 13.8. The molecule has 1 saturated heterocycles. The van der Waals surface area contributed by atoms with Gasteiger partial charge in [-0.2, -0.15) is 0 Å². The van der Waals surface area contributed by atoms with Gasteiger partial charge in [-0.3, -0.25) is 14.3 Å². The predicted octanol–water partition coefficient (Wildman–Crippen LogP) is 2.62. The number of benzene rings is 2. The predicted molar refractivity (Wildman–Crippen MR) is 111 cm³/mol. The summed E-state index contributed by atoms with van der Waals surface area (Å²) >= 11 is 0. The first-order valence-electron chi connectivity index (χ1n) is 9.57. The summed E-state index contributed by atoms with van der Waals surface area (Å²) in [5.41, 5.74) is 0.776. The van der Waals surface area contributed by atoms with E-state index in [4.69, 9.17) is 0 Å². The standard InChI is InChI=1S/C21H25N3O4S/c1-15(2)22-20(25)19-9-6-14-24(19)21(26)16-10-12-17(13-11-16)23-29(27,28)18-7-4-3-5-8-18/h3-5,7-8,10-13,15,19,23H,6,9,14H2,1-2H3,(H,22,25)/t19-/m1/s1. The molecular weight excluding hydrogens is 390 g/mol. The zero-order valence-corrected chi connectivity index (χ0v) is 17.3. The summed E-state index contributed by atoms with van der Waals surface area (Å²) in [6.07, 6.45) is 1.41. The van der Waals surface area contributed by atoms with E-state index in [2.05, 4.69) is 10.0 Å². The molecule has 2 N–H and O–H groups in total. The Morgan fingerprint density at radius 2 is 1.69 bits per heavy atom. The molecule has 0 unspecified atom stereocenters. The second-order valence-electron chi connectivity index (χ2n) is 7.32. The quantitative estimate of drug-likeness (QED) is 0.758. The van der Waals surface area contributed by atoms with Crippen LogP contribution in [-0.4, -0.2) is 43.8 Å². The lowest BCUT2D eigenvalue weighted by Gasteiger charge is -2.25. The van der Waals surface area contributed by atoms with E-state index < -0.39 is 16.1 Å². The van der Waals surface area contributed by atoms with Crippen LogP contribution in [0.15, 0.2) is 59.5 Å². The molecule has 0 spiro atoms. The number of carbonyl (C=O) groups is 2. The summed E-state index contributed by atoms with van der Waals surface area (Å²) < 4.78 is 27.3. The molecular formula is C21H25N3O4S. The average molecular weight is 416 g/mol. The first kappa shape index (κ1) is 20.9. The van der Waals surface area contributed by atoms with Crippen molar-refractivity contribution in [1.29, 1.82) is 0 Å². The minimum absolute atomic E-state index is 0.0111. The van der Waals surface area contributed by atoms with E-state index >= 15 is 0 Å². The number of sulfonamides is 1. The van der Waals surface area contributed by atoms with Crippen molar-refractivity contribution in [2.45, 2.75) is 43.7 Å². The second-order valence-corrected chi connectivity index (χ2v) is 9.00. The Kier molecular flexibility index (Phi) is 6.22. The van der Waals surface area contributed by atoms with E-state index in [1.165, 1.54) is 12.1 Å². The second kappa shape index (κ2) is 8.65. The molecule has 1 atom stereocenters. The van der Waals surface area contributed by atoms with Gasteiger partial charge in [-0.05, 0) is 63.1 Å². The third kappa shape index (κ3) is 4.95. The van der Waals surface area contributed by atoms with Crippen molar-refractivity contribution in [2.24, 2.45) is 0 Å². The molecule has 8 heteroatoms. The summed E-state index contributed by atoms with van der Waals surface area (Å²) in [6.45, 7) is 4.29. The van der Waals surface area contributed by atoms with E-state index in [-0.39, 0.29) is 22.8 Å². The van der Waals surface area contributed by atoms with Gasteiger partial charge >= 0.3 is 0 Å². The lowest BCUT2D eigenvalue weighted by atomic mass is 10.1. The van der Waals surface area contributed by atoms with Crippen LogP contribution < -0.4 is 10.0 Å². The Morgan fingerprint density at radius 3 is 2.31 bits per heavy atom. The molecule has 0 aliphatic carbocycles. The Balaban J connectivity index is 1.71. The van der Waals surface area contributed by atoms with Crippen LogP contribution in [0.2, 0.25) is 0 Å². The third-order valence-electron chi connectivity index (χ3n) is 4.68. The molecule has 0 saturated carbocycles. The van der Waals surface area contributed by atoms with Crippen LogP contribution in [0.1, 0.15) is 37.0 Å². The molecule has 2 amide bonds. The number of likely N-dealkylation sites (tertiary alicyclic amines) is 1. The maximum atomic E-state index is 12.9. The summed E-state index contributed by atoms with van der Waals surface area (Å²) in [6, 6.07) is 13.8. The number of nitrogens with one attached hydrogen (secondary N) is 2. The third-order valence-corrected chi connectivity index (χ3v) is 6.08.